The summed E-state index contributed by atoms with van der Waals surface area (Å²) in [5, 5.41) is 10.6. The van der Waals surface area contributed by atoms with Gasteiger partial charge in [0.25, 0.3) is 5.91 Å². The molecule has 7 nitrogen and oxygen atoms in total. The number of piperidine rings is 1. The van der Waals surface area contributed by atoms with Crippen LogP contribution in [0.2, 0.25) is 0 Å². The average Bonchev–Trinajstić information content (AvgIpc) is 3.24. The zero-order valence-corrected chi connectivity index (χ0v) is 14.9. The van der Waals surface area contributed by atoms with Crippen LogP contribution in [0.25, 0.3) is 11.1 Å². The number of oxazole rings is 1. The third kappa shape index (κ3) is 2.88. The van der Waals surface area contributed by atoms with Crippen LogP contribution in [0, 0.1) is 12.8 Å². The fourth-order valence-electron chi connectivity index (χ4n) is 3.69. The Morgan fingerprint density at radius 2 is 2.12 bits per heavy atom. The summed E-state index contributed by atoms with van der Waals surface area (Å²) in [6.07, 6.45) is 4.41. The minimum absolute atomic E-state index is 0.0335. The van der Waals surface area contributed by atoms with Crippen LogP contribution >= 0.6 is 0 Å². The molecule has 3 heterocycles. The first kappa shape index (κ1) is 16.8. The normalized spacial score (nSPS) is 17.0. The quantitative estimate of drug-likeness (QED) is 0.781. The van der Waals surface area contributed by atoms with Crippen molar-refractivity contribution in [2.75, 3.05) is 13.1 Å². The monoisotopic (exact) mass is 354 g/mol. The van der Waals surface area contributed by atoms with E-state index in [2.05, 4.69) is 9.97 Å². The van der Waals surface area contributed by atoms with E-state index in [9.17, 15) is 9.90 Å². The van der Waals surface area contributed by atoms with Gasteiger partial charge in [-0.05, 0) is 30.9 Å². The number of nitrogens with zero attached hydrogens (tertiary/aromatic N) is 4. The van der Waals surface area contributed by atoms with Crippen LogP contribution in [-0.4, -0.2) is 43.5 Å². The van der Waals surface area contributed by atoms with Crippen LogP contribution in [0.1, 0.15) is 41.0 Å². The highest BCUT2D eigenvalue weighted by Gasteiger charge is 2.31. The lowest BCUT2D eigenvalue weighted by Crippen LogP contribution is -2.40. The minimum atomic E-state index is -0.603. The molecule has 0 aliphatic carbocycles. The summed E-state index contributed by atoms with van der Waals surface area (Å²) < 4.78 is 7.37. The molecule has 1 unspecified atom stereocenters. The van der Waals surface area contributed by atoms with Crippen molar-refractivity contribution in [2.45, 2.75) is 25.9 Å². The summed E-state index contributed by atoms with van der Waals surface area (Å²) in [6, 6.07) is 5.43. The van der Waals surface area contributed by atoms with Crippen molar-refractivity contribution in [3.05, 3.63) is 47.9 Å². The highest BCUT2D eigenvalue weighted by Crippen LogP contribution is 2.31. The number of imidazole rings is 1. The van der Waals surface area contributed by atoms with Crippen LogP contribution in [-0.2, 0) is 7.05 Å². The van der Waals surface area contributed by atoms with E-state index >= 15 is 0 Å². The highest BCUT2D eigenvalue weighted by molar-refractivity contribution is 6.04. The average molecular weight is 354 g/mol. The molecule has 2 aromatic heterocycles. The number of amides is 1. The molecule has 136 valence electrons. The topological polar surface area (TPSA) is 84.4 Å². The number of rotatable bonds is 3. The summed E-state index contributed by atoms with van der Waals surface area (Å²) in [4.78, 5) is 23.4. The number of benzene rings is 1. The van der Waals surface area contributed by atoms with Gasteiger partial charge in [-0.2, -0.15) is 0 Å². The van der Waals surface area contributed by atoms with Gasteiger partial charge >= 0.3 is 0 Å². The number of hydrogen-bond donors (Lipinski definition) is 1. The Balaban J connectivity index is 1.47. The van der Waals surface area contributed by atoms with E-state index in [-0.39, 0.29) is 11.8 Å². The Morgan fingerprint density at radius 3 is 2.81 bits per heavy atom. The Kier molecular flexibility index (Phi) is 4.24. The van der Waals surface area contributed by atoms with Crippen LogP contribution in [0.5, 0.6) is 0 Å². The maximum Gasteiger partial charge on any atom is 0.256 e. The molecular formula is C19H22N4O3. The Bertz CT molecular complexity index is 937. The maximum absolute atomic E-state index is 12.9. The van der Waals surface area contributed by atoms with Gasteiger partial charge in [0.1, 0.15) is 17.4 Å². The van der Waals surface area contributed by atoms with E-state index in [4.69, 9.17) is 4.42 Å². The van der Waals surface area contributed by atoms with Gasteiger partial charge in [-0.15, -0.1) is 0 Å². The summed E-state index contributed by atoms with van der Waals surface area (Å²) in [5.74, 6) is 1.30. The van der Waals surface area contributed by atoms with Crippen molar-refractivity contribution < 1.29 is 14.3 Å². The molecule has 0 bridgehead atoms. The third-order valence-electron chi connectivity index (χ3n) is 5.15. The van der Waals surface area contributed by atoms with Crippen LogP contribution < -0.4 is 0 Å². The van der Waals surface area contributed by atoms with E-state index < -0.39 is 6.10 Å². The number of fused-ring (bicyclic) bond motifs is 1. The van der Waals surface area contributed by atoms with Gasteiger partial charge in [0, 0.05) is 39.5 Å². The standard InChI is InChI=1S/C19H22N4O3/c1-12-21-16-14(4-3-5-15(16)26-12)19(25)23-9-6-13(7-10-23)17(24)18-20-8-11-22(18)2/h3-5,8,11,13,17,24H,6-7,9-10H2,1-2H3. The van der Waals surface area contributed by atoms with E-state index in [0.29, 0.717) is 41.5 Å². The SMILES string of the molecule is Cc1nc2c(C(=O)N3CCC(C(O)c4nccn4C)CC3)cccc2o1. The third-order valence-corrected chi connectivity index (χ3v) is 5.15. The predicted octanol–water partition coefficient (Wildman–Crippen LogP) is 2.46. The van der Waals surface area contributed by atoms with Gasteiger partial charge in [0.05, 0.1) is 5.56 Å². The zero-order chi connectivity index (χ0) is 18.3. The van der Waals surface area contributed by atoms with Crippen molar-refractivity contribution in [3.8, 4) is 0 Å². The molecule has 1 N–H and O–H groups in total. The molecular weight excluding hydrogens is 332 g/mol. The number of carbonyl (C=O) groups is 1. The Labute approximate surface area is 151 Å². The van der Waals surface area contributed by atoms with Crippen LogP contribution in [0.3, 0.4) is 0 Å². The van der Waals surface area contributed by atoms with Crippen molar-refractivity contribution in [2.24, 2.45) is 13.0 Å². The molecule has 0 radical (unpaired) electrons. The zero-order valence-electron chi connectivity index (χ0n) is 14.9. The number of aliphatic hydroxyl groups is 1. The number of aryl methyl sites for hydroxylation is 2. The second-order valence-electron chi connectivity index (χ2n) is 6.86. The highest BCUT2D eigenvalue weighted by atomic mass is 16.3. The van der Waals surface area contributed by atoms with Crippen molar-refractivity contribution in [1.82, 2.24) is 19.4 Å². The van der Waals surface area contributed by atoms with Gasteiger partial charge in [-0.1, -0.05) is 6.07 Å². The Morgan fingerprint density at radius 1 is 1.35 bits per heavy atom. The van der Waals surface area contributed by atoms with Gasteiger partial charge in [0.2, 0.25) is 0 Å². The fraction of sp³-hybridized carbons (Fsp3) is 0.421. The van der Waals surface area contributed by atoms with Gasteiger partial charge < -0.3 is 19.0 Å². The first-order valence-corrected chi connectivity index (χ1v) is 8.85. The molecule has 1 amide bonds. The molecule has 1 aliphatic heterocycles. The van der Waals surface area contributed by atoms with Crippen molar-refractivity contribution in [3.63, 3.8) is 0 Å². The summed E-state index contributed by atoms with van der Waals surface area (Å²) in [7, 11) is 1.88. The van der Waals surface area contributed by atoms with Gasteiger partial charge in [-0.3, -0.25) is 4.79 Å². The molecule has 0 spiro atoms. The smallest absolute Gasteiger partial charge is 0.256 e. The van der Waals surface area contributed by atoms with E-state index in [1.165, 1.54) is 0 Å². The van der Waals surface area contributed by atoms with Gasteiger partial charge in [0.15, 0.2) is 11.5 Å². The molecule has 1 atom stereocenters. The molecule has 0 saturated carbocycles. The number of aromatic nitrogens is 3. The second-order valence-corrected chi connectivity index (χ2v) is 6.86. The molecule has 7 heteroatoms. The van der Waals surface area contributed by atoms with Crippen molar-refractivity contribution >= 4 is 17.0 Å². The largest absolute Gasteiger partial charge is 0.441 e. The molecule has 1 saturated heterocycles. The molecule has 3 aromatic rings. The second kappa shape index (κ2) is 6.57. The van der Waals surface area contributed by atoms with E-state index in [1.807, 2.05) is 34.8 Å². The van der Waals surface area contributed by atoms with E-state index in [1.54, 1.807) is 19.2 Å². The summed E-state index contributed by atoms with van der Waals surface area (Å²) >= 11 is 0. The first-order valence-electron chi connectivity index (χ1n) is 8.85. The van der Waals surface area contributed by atoms with Crippen LogP contribution in [0.15, 0.2) is 35.0 Å². The van der Waals surface area contributed by atoms with Gasteiger partial charge in [-0.25, -0.2) is 9.97 Å². The summed E-state index contributed by atoms with van der Waals surface area (Å²) in [6.45, 7) is 3.00. The minimum Gasteiger partial charge on any atom is -0.441 e. The lowest BCUT2D eigenvalue weighted by atomic mass is 9.90. The molecule has 26 heavy (non-hydrogen) atoms. The van der Waals surface area contributed by atoms with Crippen LogP contribution in [0.4, 0.5) is 0 Å². The summed E-state index contributed by atoms with van der Waals surface area (Å²) in [5.41, 5.74) is 1.82. The number of aliphatic hydroxyl groups excluding tert-OH is 1. The fourth-order valence-corrected chi connectivity index (χ4v) is 3.69. The Hall–Kier alpha value is -2.67. The first-order chi connectivity index (χ1) is 12.5. The molecule has 1 fully saturated rings. The molecule has 1 aromatic carbocycles. The predicted molar refractivity (Wildman–Crippen MR) is 95.5 cm³/mol. The number of carbonyl (C=O) groups excluding carboxylic acids is 1. The lowest BCUT2D eigenvalue weighted by molar-refractivity contribution is 0.0421. The van der Waals surface area contributed by atoms with E-state index in [0.717, 1.165) is 12.8 Å². The number of likely N-dealkylation sites (tertiary alicyclic amines) is 1. The number of hydrogen-bond acceptors (Lipinski definition) is 5. The lowest BCUT2D eigenvalue weighted by Gasteiger charge is -2.34. The maximum atomic E-state index is 12.9. The molecule has 1 aliphatic rings. The molecule has 4 rings (SSSR count). The van der Waals surface area contributed by atoms with Crippen molar-refractivity contribution in [1.29, 1.82) is 0 Å². The number of para-hydroxylation sites is 1.